The molecule has 6 nitrogen and oxygen atoms in total. The molecule has 0 aliphatic heterocycles. The summed E-state index contributed by atoms with van der Waals surface area (Å²) < 4.78 is 0. The normalized spacial score (nSPS) is 13.4. The predicted molar refractivity (Wildman–Crippen MR) is 141 cm³/mol. The molecule has 1 aliphatic carbocycles. The van der Waals surface area contributed by atoms with Crippen molar-refractivity contribution in [1.82, 2.24) is 14.9 Å². The molecule has 2 N–H and O–H groups in total. The predicted octanol–water partition coefficient (Wildman–Crippen LogP) is 6.71. The third-order valence-electron chi connectivity index (χ3n) is 6.01. The van der Waals surface area contributed by atoms with Crippen LogP contribution in [0.25, 0.3) is 22.0 Å². The van der Waals surface area contributed by atoms with Crippen LogP contribution in [0.5, 0.6) is 5.75 Å². The number of Topliss-reactive ketones (excluding diaryl/α,β-unsaturated/α-hetero) is 1. The molecule has 1 aliphatic rings. The Kier molecular flexibility index (Phi) is 6.36. The van der Waals surface area contributed by atoms with Gasteiger partial charge in [0.25, 0.3) is 0 Å². The number of phenols is 1. The monoisotopic (exact) mass is 506 g/mol. The van der Waals surface area contributed by atoms with Gasteiger partial charge in [0, 0.05) is 30.2 Å². The number of aromatic nitrogens is 2. The minimum Gasteiger partial charge on any atom is -0.505 e. The quantitative estimate of drug-likeness (QED) is 0.271. The lowest BCUT2D eigenvalue weighted by molar-refractivity contribution is 0.0968. The Morgan fingerprint density at radius 3 is 2.40 bits per heavy atom. The Labute approximate surface area is 213 Å². The van der Waals surface area contributed by atoms with Gasteiger partial charge in [-0.25, -0.2) is 4.98 Å². The van der Waals surface area contributed by atoms with Crippen molar-refractivity contribution in [3.63, 3.8) is 0 Å². The summed E-state index contributed by atoms with van der Waals surface area (Å²) in [5, 5.41) is 14.5. The number of rotatable bonds is 7. The van der Waals surface area contributed by atoms with Gasteiger partial charge in [-0.15, -0.1) is 0 Å². The lowest BCUT2D eigenvalue weighted by atomic mass is 9.99. The van der Waals surface area contributed by atoms with E-state index in [2.05, 4.69) is 20.2 Å². The molecule has 35 heavy (non-hydrogen) atoms. The molecule has 0 spiro atoms. The molecule has 178 valence electrons. The first-order valence-corrected chi connectivity index (χ1v) is 12.1. The minimum absolute atomic E-state index is 0.0446. The van der Waals surface area contributed by atoms with E-state index < -0.39 is 0 Å². The highest BCUT2D eigenvalue weighted by Gasteiger charge is 2.32. The molecule has 0 radical (unpaired) electrons. The maximum atomic E-state index is 13.2. The van der Waals surface area contributed by atoms with Crippen LogP contribution < -0.4 is 5.32 Å². The van der Waals surface area contributed by atoms with E-state index >= 15 is 0 Å². The number of anilines is 2. The number of hydrogen-bond acceptors (Lipinski definition) is 6. The Hall–Kier alpha value is -3.19. The van der Waals surface area contributed by atoms with Gasteiger partial charge in [-0.1, -0.05) is 35.3 Å². The average molecular weight is 507 g/mol. The Bertz CT molecular complexity index is 1410. The summed E-state index contributed by atoms with van der Waals surface area (Å²) in [4.78, 5) is 24.4. The van der Waals surface area contributed by atoms with E-state index in [4.69, 9.17) is 23.2 Å². The number of ketones is 1. The highest BCUT2D eigenvalue weighted by Crippen LogP contribution is 2.40. The second-order valence-electron chi connectivity index (χ2n) is 9.12. The van der Waals surface area contributed by atoms with Crippen molar-refractivity contribution < 1.29 is 9.90 Å². The molecule has 2 aromatic heterocycles. The maximum absolute atomic E-state index is 13.2. The number of carbonyl (C=O) groups excluding carboxylic acids is 1. The van der Waals surface area contributed by atoms with Crippen molar-refractivity contribution >= 4 is 51.4 Å². The number of nitrogens with zero attached hydrogens (tertiary/aromatic N) is 3. The highest BCUT2D eigenvalue weighted by atomic mass is 35.5. The molecule has 0 bridgehead atoms. The van der Waals surface area contributed by atoms with Crippen LogP contribution in [0.3, 0.4) is 0 Å². The van der Waals surface area contributed by atoms with Crippen LogP contribution in [-0.4, -0.2) is 39.9 Å². The zero-order valence-corrected chi connectivity index (χ0v) is 20.9. The summed E-state index contributed by atoms with van der Waals surface area (Å²) in [5.41, 5.74) is 4.64. The SMILES string of the molecule is CN(C)Cc1ccc(Nc2c(C(=O)C3CC3)cnc3ccc(-c4cc(Cl)c(O)c(Cl)c4)cc23)nc1. The van der Waals surface area contributed by atoms with Crippen molar-refractivity contribution in [2.75, 3.05) is 19.4 Å². The number of hydrogen-bond donors (Lipinski definition) is 2. The lowest BCUT2D eigenvalue weighted by Crippen LogP contribution is -2.11. The number of halogens is 2. The second-order valence-corrected chi connectivity index (χ2v) is 9.93. The fourth-order valence-corrected chi connectivity index (χ4v) is 4.56. The number of fused-ring (bicyclic) bond motifs is 1. The molecule has 1 saturated carbocycles. The van der Waals surface area contributed by atoms with Gasteiger partial charge < -0.3 is 15.3 Å². The van der Waals surface area contributed by atoms with Gasteiger partial charge in [0.1, 0.15) is 5.82 Å². The zero-order valence-electron chi connectivity index (χ0n) is 19.3. The standard InChI is InChI=1S/C27H24Cl2N4O2/c1-33(2)14-15-3-8-24(31-12-15)32-25-19-9-17(18-10-21(28)27(35)22(29)11-18)6-7-23(19)30-13-20(25)26(34)16-4-5-16/h3,6-13,16,35H,4-5,14H2,1-2H3,(H,30,31,32). The smallest absolute Gasteiger partial charge is 0.169 e. The third-order valence-corrected chi connectivity index (χ3v) is 6.58. The first-order chi connectivity index (χ1) is 16.8. The van der Waals surface area contributed by atoms with Gasteiger partial charge >= 0.3 is 0 Å². The zero-order chi connectivity index (χ0) is 24.7. The molecule has 0 saturated heterocycles. The number of pyridine rings is 2. The number of phenolic OH excluding ortho intramolecular Hbond substituents is 1. The third kappa shape index (κ3) is 4.96. The minimum atomic E-state index is -0.150. The van der Waals surface area contributed by atoms with E-state index in [0.717, 1.165) is 47.0 Å². The van der Waals surface area contributed by atoms with Crippen molar-refractivity contribution in [3.8, 4) is 16.9 Å². The summed E-state index contributed by atoms with van der Waals surface area (Å²) in [7, 11) is 4.02. The molecule has 2 aromatic carbocycles. The second kappa shape index (κ2) is 9.46. The van der Waals surface area contributed by atoms with E-state index in [1.165, 1.54) is 0 Å². The molecular weight excluding hydrogens is 483 g/mol. The first-order valence-electron chi connectivity index (χ1n) is 11.3. The maximum Gasteiger partial charge on any atom is 0.169 e. The van der Waals surface area contributed by atoms with Crippen LogP contribution in [-0.2, 0) is 6.54 Å². The van der Waals surface area contributed by atoms with Gasteiger partial charge in [-0.3, -0.25) is 9.78 Å². The largest absolute Gasteiger partial charge is 0.505 e. The molecule has 5 rings (SSSR count). The molecule has 8 heteroatoms. The van der Waals surface area contributed by atoms with Crippen LogP contribution in [0.4, 0.5) is 11.5 Å². The van der Waals surface area contributed by atoms with E-state index in [1.807, 2.05) is 50.6 Å². The van der Waals surface area contributed by atoms with Gasteiger partial charge in [-0.2, -0.15) is 0 Å². The fraction of sp³-hybridized carbons (Fsp3) is 0.222. The van der Waals surface area contributed by atoms with Gasteiger partial charge in [0.05, 0.1) is 26.8 Å². The summed E-state index contributed by atoms with van der Waals surface area (Å²) in [6, 6.07) is 13.0. The van der Waals surface area contributed by atoms with Crippen LogP contribution in [0, 0.1) is 5.92 Å². The van der Waals surface area contributed by atoms with Crippen molar-refractivity contribution in [3.05, 3.63) is 76.0 Å². The van der Waals surface area contributed by atoms with Gasteiger partial charge in [0.2, 0.25) is 0 Å². The Morgan fingerprint density at radius 1 is 1.03 bits per heavy atom. The summed E-state index contributed by atoms with van der Waals surface area (Å²) in [6.45, 7) is 0.790. The number of nitrogens with one attached hydrogen (secondary N) is 1. The molecule has 2 heterocycles. The van der Waals surface area contributed by atoms with Crippen LogP contribution >= 0.6 is 23.2 Å². The van der Waals surface area contributed by atoms with Crippen LogP contribution in [0.2, 0.25) is 10.0 Å². The topological polar surface area (TPSA) is 78.4 Å². The lowest BCUT2D eigenvalue weighted by Gasteiger charge is -2.16. The molecule has 4 aromatic rings. The molecule has 0 atom stereocenters. The summed E-state index contributed by atoms with van der Waals surface area (Å²) >= 11 is 12.3. The van der Waals surface area contributed by atoms with E-state index in [1.54, 1.807) is 18.3 Å². The Morgan fingerprint density at radius 2 is 1.77 bits per heavy atom. The number of benzene rings is 2. The fourth-order valence-electron chi connectivity index (χ4n) is 4.08. The van der Waals surface area contributed by atoms with E-state index in [9.17, 15) is 9.90 Å². The number of aromatic hydroxyl groups is 1. The van der Waals surface area contributed by atoms with E-state index in [0.29, 0.717) is 17.1 Å². The van der Waals surface area contributed by atoms with Crippen molar-refractivity contribution in [2.45, 2.75) is 19.4 Å². The van der Waals surface area contributed by atoms with E-state index in [-0.39, 0.29) is 27.5 Å². The average Bonchev–Trinajstić information content (AvgIpc) is 3.68. The van der Waals surface area contributed by atoms with Gasteiger partial charge in [0.15, 0.2) is 11.5 Å². The molecule has 0 amide bonds. The molecule has 0 unspecified atom stereocenters. The van der Waals surface area contributed by atoms with Crippen LogP contribution in [0.1, 0.15) is 28.8 Å². The first kappa shape index (κ1) is 23.5. The highest BCUT2D eigenvalue weighted by molar-refractivity contribution is 6.37. The van der Waals surface area contributed by atoms with Crippen molar-refractivity contribution in [1.29, 1.82) is 0 Å². The van der Waals surface area contributed by atoms with Crippen LogP contribution in [0.15, 0.2) is 54.9 Å². The summed E-state index contributed by atoms with van der Waals surface area (Å²) in [5.74, 6) is 0.629. The molecular formula is C27H24Cl2N4O2. The van der Waals surface area contributed by atoms with Gasteiger partial charge in [-0.05, 0) is 74.0 Å². The Balaban J connectivity index is 1.62. The summed E-state index contributed by atoms with van der Waals surface area (Å²) in [6.07, 6.45) is 5.29. The molecule has 1 fully saturated rings. The number of carbonyl (C=O) groups is 1. The van der Waals surface area contributed by atoms with Crippen molar-refractivity contribution in [2.24, 2.45) is 5.92 Å².